The molecule has 21 heavy (non-hydrogen) atoms. The van der Waals surface area contributed by atoms with Crippen molar-refractivity contribution in [1.82, 2.24) is 19.8 Å². The van der Waals surface area contributed by atoms with E-state index >= 15 is 0 Å². The second-order valence-corrected chi connectivity index (χ2v) is 5.67. The van der Waals surface area contributed by atoms with Crippen molar-refractivity contribution in [3.8, 4) is 0 Å². The Morgan fingerprint density at radius 2 is 1.76 bits per heavy atom. The zero-order valence-electron chi connectivity index (χ0n) is 12.5. The molecule has 0 bridgehead atoms. The van der Waals surface area contributed by atoms with Crippen molar-refractivity contribution >= 4 is 16.9 Å². The molecule has 1 saturated heterocycles. The van der Waals surface area contributed by atoms with Crippen LogP contribution >= 0.6 is 0 Å². The topological polar surface area (TPSA) is 49.3 Å². The first-order valence-corrected chi connectivity index (χ1v) is 7.40. The summed E-state index contributed by atoms with van der Waals surface area (Å²) in [5, 5.41) is 0. The van der Waals surface area contributed by atoms with E-state index in [1.165, 1.54) is 0 Å². The van der Waals surface area contributed by atoms with Gasteiger partial charge >= 0.3 is 0 Å². The number of piperazine rings is 1. The number of hydrogen-bond acceptors (Lipinski definition) is 4. The van der Waals surface area contributed by atoms with Gasteiger partial charge in [-0.2, -0.15) is 0 Å². The first-order valence-electron chi connectivity index (χ1n) is 7.40. The lowest BCUT2D eigenvalue weighted by Crippen LogP contribution is -2.50. The molecule has 5 nitrogen and oxygen atoms in total. The fourth-order valence-electron chi connectivity index (χ4n) is 2.66. The molecule has 110 valence electrons. The summed E-state index contributed by atoms with van der Waals surface area (Å²) in [5.74, 6) is -0.0170. The average molecular weight is 284 g/mol. The van der Waals surface area contributed by atoms with Crippen LogP contribution in [0.4, 0.5) is 0 Å². The maximum absolute atomic E-state index is 12.5. The fourth-order valence-corrected chi connectivity index (χ4v) is 2.66. The van der Waals surface area contributed by atoms with Crippen molar-refractivity contribution in [3.05, 3.63) is 36.2 Å². The lowest BCUT2D eigenvalue weighted by atomic mass is 10.2. The number of amides is 1. The summed E-state index contributed by atoms with van der Waals surface area (Å²) in [5.41, 5.74) is 2.02. The number of para-hydroxylation sites is 2. The van der Waals surface area contributed by atoms with Gasteiger partial charge in [-0.3, -0.25) is 14.7 Å². The molecule has 3 rings (SSSR count). The molecular formula is C16H20N4O. The van der Waals surface area contributed by atoms with E-state index in [9.17, 15) is 4.79 Å². The van der Waals surface area contributed by atoms with Gasteiger partial charge in [0, 0.05) is 32.2 Å². The van der Waals surface area contributed by atoms with E-state index in [0.717, 1.165) is 37.2 Å². The number of hydrogen-bond donors (Lipinski definition) is 0. The third kappa shape index (κ3) is 2.88. The molecule has 1 aliphatic heterocycles. The first kappa shape index (κ1) is 13.9. The van der Waals surface area contributed by atoms with E-state index in [2.05, 4.69) is 28.7 Å². The van der Waals surface area contributed by atoms with Crippen LogP contribution in [-0.2, 0) is 0 Å². The molecule has 1 amide bonds. The van der Waals surface area contributed by atoms with Gasteiger partial charge in [0.2, 0.25) is 0 Å². The molecule has 0 radical (unpaired) electrons. The number of nitrogens with zero attached hydrogens (tertiary/aromatic N) is 4. The Kier molecular flexibility index (Phi) is 3.84. The molecule has 0 atom stereocenters. The number of aromatic nitrogens is 2. The molecule has 0 aliphatic carbocycles. The van der Waals surface area contributed by atoms with Gasteiger partial charge in [-0.25, -0.2) is 4.98 Å². The lowest BCUT2D eigenvalue weighted by molar-refractivity contribution is 0.0590. The molecule has 0 spiro atoms. The van der Waals surface area contributed by atoms with Crippen molar-refractivity contribution in [1.29, 1.82) is 0 Å². The van der Waals surface area contributed by atoms with Crippen LogP contribution in [0.1, 0.15) is 24.3 Å². The zero-order valence-corrected chi connectivity index (χ0v) is 12.5. The monoisotopic (exact) mass is 284 g/mol. The van der Waals surface area contributed by atoms with Gasteiger partial charge in [0.15, 0.2) is 0 Å². The Bertz CT molecular complexity index is 648. The maximum Gasteiger partial charge on any atom is 0.274 e. The Labute approximate surface area is 124 Å². The highest BCUT2D eigenvalue weighted by Crippen LogP contribution is 2.12. The van der Waals surface area contributed by atoms with E-state index in [1.54, 1.807) is 6.20 Å². The van der Waals surface area contributed by atoms with E-state index in [-0.39, 0.29) is 5.91 Å². The van der Waals surface area contributed by atoms with Gasteiger partial charge in [-0.05, 0) is 26.0 Å². The van der Waals surface area contributed by atoms with Gasteiger partial charge in [-0.15, -0.1) is 0 Å². The Hall–Kier alpha value is -2.01. The van der Waals surface area contributed by atoms with Crippen LogP contribution in [-0.4, -0.2) is 57.9 Å². The third-order valence-corrected chi connectivity index (χ3v) is 4.00. The van der Waals surface area contributed by atoms with Crippen LogP contribution in [0.5, 0.6) is 0 Å². The summed E-state index contributed by atoms with van der Waals surface area (Å²) in [6.45, 7) is 7.73. The van der Waals surface area contributed by atoms with Crippen molar-refractivity contribution in [2.75, 3.05) is 26.2 Å². The Morgan fingerprint density at radius 3 is 2.43 bits per heavy atom. The summed E-state index contributed by atoms with van der Waals surface area (Å²) < 4.78 is 0. The second kappa shape index (κ2) is 5.77. The SMILES string of the molecule is CC(C)N1CCN(C(=O)c2cnc3ccccc3n2)CC1. The molecular weight excluding hydrogens is 264 g/mol. The van der Waals surface area contributed by atoms with Gasteiger partial charge in [0.25, 0.3) is 5.91 Å². The molecule has 2 heterocycles. The maximum atomic E-state index is 12.5. The summed E-state index contributed by atoms with van der Waals surface area (Å²) in [7, 11) is 0. The smallest absolute Gasteiger partial charge is 0.274 e. The minimum Gasteiger partial charge on any atom is -0.335 e. The molecule has 0 saturated carbocycles. The fraction of sp³-hybridized carbons (Fsp3) is 0.438. The highest BCUT2D eigenvalue weighted by molar-refractivity contribution is 5.93. The first-order chi connectivity index (χ1) is 10.1. The van der Waals surface area contributed by atoms with Crippen LogP contribution in [0.15, 0.2) is 30.5 Å². The lowest BCUT2D eigenvalue weighted by Gasteiger charge is -2.36. The molecule has 0 N–H and O–H groups in total. The molecule has 1 aliphatic rings. The largest absolute Gasteiger partial charge is 0.335 e. The van der Waals surface area contributed by atoms with E-state index < -0.39 is 0 Å². The van der Waals surface area contributed by atoms with Crippen LogP contribution in [0.3, 0.4) is 0 Å². The summed E-state index contributed by atoms with van der Waals surface area (Å²) in [4.78, 5) is 25.5. The molecule has 2 aromatic rings. The van der Waals surface area contributed by atoms with Gasteiger partial charge in [0.1, 0.15) is 5.69 Å². The van der Waals surface area contributed by atoms with Crippen LogP contribution < -0.4 is 0 Å². The highest BCUT2D eigenvalue weighted by Gasteiger charge is 2.24. The average Bonchev–Trinajstić information content (AvgIpc) is 2.54. The van der Waals surface area contributed by atoms with Crippen molar-refractivity contribution in [3.63, 3.8) is 0 Å². The molecule has 1 fully saturated rings. The second-order valence-electron chi connectivity index (χ2n) is 5.67. The molecule has 0 unspecified atom stereocenters. The predicted molar refractivity (Wildman–Crippen MR) is 82.2 cm³/mol. The van der Waals surface area contributed by atoms with E-state index in [1.807, 2.05) is 29.2 Å². The number of rotatable bonds is 2. The predicted octanol–water partition coefficient (Wildman–Crippen LogP) is 1.80. The van der Waals surface area contributed by atoms with E-state index in [4.69, 9.17) is 0 Å². The van der Waals surface area contributed by atoms with Crippen molar-refractivity contribution in [2.24, 2.45) is 0 Å². The zero-order chi connectivity index (χ0) is 14.8. The minimum absolute atomic E-state index is 0.0170. The summed E-state index contributed by atoms with van der Waals surface area (Å²) >= 11 is 0. The van der Waals surface area contributed by atoms with Crippen LogP contribution in [0, 0.1) is 0 Å². The van der Waals surface area contributed by atoms with Gasteiger partial charge in [0.05, 0.1) is 17.2 Å². The number of fused-ring (bicyclic) bond motifs is 1. The Morgan fingerprint density at radius 1 is 1.10 bits per heavy atom. The summed E-state index contributed by atoms with van der Waals surface area (Å²) in [6, 6.07) is 8.15. The van der Waals surface area contributed by atoms with Gasteiger partial charge in [-0.1, -0.05) is 12.1 Å². The third-order valence-electron chi connectivity index (χ3n) is 4.00. The highest BCUT2D eigenvalue weighted by atomic mass is 16.2. The van der Waals surface area contributed by atoms with Crippen LogP contribution in [0.25, 0.3) is 11.0 Å². The van der Waals surface area contributed by atoms with E-state index in [0.29, 0.717) is 11.7 Å². The quantitative estimate of drug-likeness (QED) is 0.843. The number of carbonyl (C=O) groups excluding carboxylic acids is 1. The number of carbonyl (C=O) groups is 1. The Balaban J connectivity index is 1.75. The molecule has 5 heteroatoms. The van der Waals surface area contributed by atoms with Crippen molar-refractivity contribution < 1.29 is 4.79 Å². The standard InChI is InChI=1S/C16H20N4O/c1-12(2)19-7-9-20(10-8-19)16(21)15-11-17-13-5-3-4-6-14(13)18-15/h3-6,11-12H,7-10H2,1-2H3. The molecule has 1 aromatic carbocycles. The molecule has 1 aromatic heterocycles. The van der Waals surface area contributed by atoms with Crippen molar-refractivity contribution in [2.45, 2.75) is 19.9 Å². The van der Waals surface area contributed by atoms with Crippen LogP contribution in [0.2, 0.25) is 0 Å². The normalized spacial score (nSPS) is 16.6. The van der Waals surface area contributed by atoms with Gasteiger partial charge < -0.3 is 4.90 Å². The minimum atomic E-state index is -0.0170. The summed E-state index contributed by atoms with van der Waals surface area (Å²) in [6.07, 6.45) is 1.58. The number of benzene rings is 1.